The van der Waals surface area contributed by atoms with Gasteiger partial charge in [-0.2, -0.15) is 0 Å². The molecule has 0 aromatic heterocycles. The first-order chi connectivity index (χ1) is 7.58. The van der Waals surface area contributed by atoms with Crippen LogP contribution in [0.15, 0.2) is 0 Å². The van der Waals surface area contributed by atoms with E-state index in [2.05, 4.69) is 41.5 Å². The van der Waals surface area contributed by atoms with E-state index in [-0.39, 0.29) is 0 Å². The SMILES string of the molecule is CCC[CH](C)[Bi]([CH](C)CCC)[CH](C)CCC. The first kappa shape index (κ1) is 16.9. The fourth-order valence-electron chi connectivity index (χ4n) is 3.00. The molecule has 3 atom stereocenters. The second kappa shape index (κ2) is 9.87. The Morgan fingerprint density at radius 2 is 0.875 bits per heavy atom. The first-order valence-electron chi connectivity index (χ1n) is 7.35. The molecule has 0 saturated heterocycles. The summed E-state index contributed by atoms with van der Waals surface area (Å²) in [6.07, 6.45) is 8.68. The van der Waals surface area contributed by atoms with Gasteiger partial charge in [-0.1, -0.05) is 0 Å². The van der Waals surface area contributed by atoms with E-state index in [1.807, 2.05) is 0 Å². The van der Waals surface area contributed by atoms with Crippen LogP contribution in [-0.2, 0) is 0 Å². The normalized spacial score (nSPS) is 17.4. The molecule has 0 aliphatic rings. The Balaban J connectivity index is 4.47. The molecule has 98 valence electrons. The molecule has 1 heteroatoms. The van der Waals surface area contributed by atoms with Crippen molar-refractivity contribution in [2.45, 2.75) is 90.9 Å². The monoisotopic (exact) mass is 422 g/mol. The van der Waals surface area contributed by atoms with Gasteiger partial charge in [-0.15, -0.1) is 0 Å². The van der Waals surface area contributed by atoms with E-state index in [1.54, 1.807) is 0 Å². The maximum atomic E-state index is 2.57. The van der Waals surface area contributed by atoms with Crippen molar-refractivity contribution in [3.63, 3.8) is 0 Å². The molecule has 0 spiro atoms. The van der Waals surface area contributed by atoms with Crippen molar-refractivity contribution in [1.82, 2.24) is 0 Å². The Morgan fingerprint density at radius 3 is 1.06 bits per heavy atom. The number of rotatable bonds is 9. The van der Waals surface area contributed by atoms with Crippen LogP contribution in [-0.4, -0.2) is 21.8 Å². The summed E-state index contributed by atoms with van der Waals surface area (Å²) >= 11 is -1.28. The van der Waals surface area contributed by atoms with Gasteiger partial charge in [0.05, 0.1) is 0 Å². The van der Waals surface area contributed by atoms with Gasteiger partial charge in [0.2, 0.25) is 0 Å². The van der Waals surface area contributed by atoms with Crippen LogP contribution in [0, 0.1) is 0 Å². The topological polar surface area (TPSA) is 0 Å². The molecule has 0 amide bonds. The summed E-state index contributed by atoms with van der Waals surface area (Å²) in [6, 6.07) is 0. The molecule has 0 aromatic carbocycles. The van der Waals surface area contributed by atoms with E-state index in [0.29, 0.717) is 0 Å². The Kier molecular flexibility index (Phi) is 10.4. The van der Waals surface area contributed by atoms with Crippen molar-refractivity contribution in [3.8, 4) is 0 Å². The van der Waals surface area contributed by atoms with Crippen LogP contribution in [0.4, 0.5) is 0 Å². The Bertz CT molecular complexity index is 127. The summed E-state index contributed by atoms with van der Waals surface area (Å²) in [5.74, 6) is 0. The van der Waals surface area contributed by atoms with E-state index in [9.17, 15) is 0 Å². The number of hydrogen-bond donors (Lipinski definition) is 0. The molecule has 0 nitrogen and oxygen atoms in total. The molecular formula is C15H33Bi. The van der Waals surface area contributed by atoms with Crippen LogP contribution in [0.1, 0.15) is 80.1 Å². The Morgan fingerprint density at radius 1 is 0.625 bits per heavy atom. The van der Waals surface area contributed by atoms with Crippen LogP contribution < -0.4 is 0 Å². The minimum atomic E-state index is -1.28. The Hall–Kier alpha value is 0.883. The fourth-order valence-corrected chi connectivity index (χ4v) is 19.6. The molecule has 0 N–H and O–H groups in total. The predicted octanol–water partition coefficient (Wildman–Crippen LogP) is 6.05. The average Bonchev–Trinajstić information content (AvgIpc) is 2.19. The van der Waals surface area contributed by atoms with Gasteiger partial charge in [0.1, 0.15) is 0 Å². The zero-order chi connectivity index (χ0) is 12.6. The number of hydrogen-bond acceptors (Lipinski definition) is 0. The van der Waals surface area contributed by atoms with E-state index in [4.69, 9.17) is 0 Å². The molecule has 0 saturated carbocycles. The molecule has 3 unspecified atom stereocenters. The zero-order valence-corrected chi connectivity index (χ0v) is 15.9. The molecule has 0 bridgehead atoms. The summed E-state index contributed by atoms with van der Waals surface area (Å²) in [5, 5.41) is 0. The second-order valence-electron chi connectivity index (χ2n) is 5.36. The van der Waals surface area contributed by atoms with Crippen LogP contribution in [0.25, 0.3) is 0 Å². The summed E-state index contributed by atoms with van der Waals surface area (Å²) in [4.78, 5) is 0. The molecule has 0 aliphatic heterocycles. The van der Waals surface area contributed by atoms with Crippen molar-refractivity contribution < 1.29 is 0 Å². The van der Waals surface area contributed by atoms with Gasteiger partial charge in [0, 0.05) is 0 Å². The molecule has 0 fully saturated rings. The predicted molar refractivity (Wildman–Crippen MR) is 78.8 cm³/mol. The molecule has 0 heterocycles. The standard InChI is InChI=1S/3C5H11.Bi/c3*1-3-5-4-2;/h3*3H,4-5H2,1-2H3;. The first-order valence-corrected chi connectivity index (χ1v) is 13.4. The summed E-state index contributed by atoms with van der Waals surface area (Å²) < 4.78 is 3.34. The van der Waals surface area contributed by atoms with Crippen molar-refractivity contribution >= 4 is 21.8 Å². The van der Waals surface area contributed by atoms with Crippen molar-refractivity contribution in [2.75, 3.05) is 0 Å². The molecule has 0 radical (unpaired) electrons. The summed E-state index contributed by atoms with van der Waals surface area (Å²) in [6.45, 7) is 14.8. The third-order valence-corrected chi connectivity index (χ3v) is 18.5. The van der Waals surface area contributed by atoms with Gasteiger partial charge in [-0.25, -0.2) is 0 Å². The van der Waals surface area contributed by atoms with Crippen LogP contribution in [0.2, 0.25) is 10.9 Å². The average molecular weight is 422 g/mol. The van der Waals surface area contributed by atoms with Gasteiger partial charge in [0.15, 0.2) is 0 Å². The molecule has 16 heavy (non-hydrogen) atoms. The van der Waals surface area contributed by atoms with Gasteiger partial charge in [-0.05, 0) is 0 Å². The summed E-state index contributed by atoms with van der Waals surface area (Å²) in [5.41, 5.74) is 0. The van der Waals surface area contributed by atoms with E-state index < -0.39 is 21.8 Å². The van der Waals surface area contributed by atoms with E-state index in [0.717, 1.165) is 10.9 Å². The van der Waals surface area contributed by atoms with Crippen molar-refractivity contribution in [3.05, 3.63) is 0 Å². The van der Waals surface area contributed by atoms with Crippen LogP contribution in [0.5, 0.6) is 0 Å². The third kappa shape index (κ3) is 5.99. The van der Waals surface area contributed by atoms with Crippen LogP contribution in [0.3, 0.4) is 0 Å². The van der Waals surface area contributed by atoms with Crippen molar-refractivity contribution in [2.24, 2.45) is 0 Å². The van der Waals surface area contributed by atoms with Crippen molar-refractivity contribution in [1.29, 1.82) is 0 Å². The zero-order valence-electron chi connectivity index (χ0n) is 12.4. The van der Waals surface area contributed by atoms with Gasteiger partial charge < -0.3 is 0 Å². The Labute approximate surface area is 112 Å². The van der Waals surface area contributed by atoms with Gasteiger partial charge in [-0.3, -0.25) is 0 Å². The molecule has 0 rings (SSSR count). The van der Waals surface area contributed by atoms with Gasteiger partial charge >= 0.3 is 113 Å². The molecule has 0 aromatic rings. The fraction of sp³-hybridized carbons (Fsp3) is 1.00. The molecular weight excluding hydrogens is 389 g/mol. The third-order valence-electron chi connectivity index (χ3n) is 3.65. The minimum absolute atomic E-state index is 1.11. The molecule has 0 aliphatic carbocycles. The van der Waals surface area contributed by atoms with E-state index in [1.165, 1.54) is 38.5 Å². The maximum absolute atomic E-state index is 2.57. The second-order valence-corrected chi connectivity index (χ2v) is 19.1. The van der Waals surface area contributed by atoms with Crippen LogP contribution >= 0.6 is 0 Å². The quantitative estimate of drug-likeness (QED) is 0.397. The summed E-state index contributed by atoms with van der Waals surface area (Å²) in [7, 11) is 0. The van der Waals surface area contributed by atoms with E-state index >= 15 is 0 Å². The van der Waals surface area contributed by atoms with Gasteiger partial charge in [0.25, 0.3) is 0 Å².